The summed E-state index contributed by atoms with van der Waals surface area (Å²) in [6, 6.07) is 0.717. The highest BCUT2D eigenvalue weighted by molar-refractivity contribution is 14.0. The fraction of sp³-hybridized carbons (Fsp3) is 0.889. The van der Waals surface area contributed by atoms with Crippen molar-refractivity contribution in [3.8, 4) is 0 Å². The van der Waals surface area contributed by atoms with Crippen LogP contribution in [0.1, 0.15) is 53.4 Å². The minimum Gasteiger partial charge on any atom is -0.356 e. The first kappa shape index (κ1) is 24.4. The van der Waals surface area contributed by atoms with Crippen LogP contribution < -0.4 is 16.0 Å². The van der Waals surface area contributed by atoms with E-state index >= 15 is 0 Å². The molecule has 0 bridgehead atoms. The van der Waals surface area contributed by atoms with Crippen LogP contribution in [-0.2, 0) is 4.79 Å². The van der Waals surface area contributed by atoms with Gasteiger partial charge in [0.1, 0.15) is 0 Å². The van der Waals surface area contributed by atoms with Gasteiger partial charge in [-0.1, -0.05) is 6.42 Å². The fourth-order valence-electron chi connectivity index (χ4n) is 2.98. The molecule has 0 spiro atoms. The molecule has 0 aliphatic carbocycles. The summed E-state index contributed by atoms with van der Waals surface area (Å²) in [5.41, 5.74) is -0.461. The maximum Gasteiger partial charge on any atom is 0.227 e. The predicted octanol–water partition coefficient (Wildman–Crippen LogP) is 2.20. The molecule has 7 heteroatoms. The number of aliphatic imine (C=N–C) groups is 1. The molecule has 0 saturated carbocycles. The summed E-state index contributed by atoms with van der Waals surface area (Å²) in [5, 5.41) is 9.48. The van der Waals surface area contributed by atoms with Crippen molar-refractivity contribution in [2.75, 3.05) is 39.8 Å². The van der Waals surface area contributed by atoms with E-state index < -0.39 is 5.41 Å². The molecular weight excluding hydrogens is 429 g/mol. The van der Waals surface area contributed by atoms with Crippen LogP contribution >= 0.6 is 24.0 Å². The van der Waals surface area contributed by atoms with Gasteiger partial charge in [0, 0.05) is 39.3 Å². The fourth-order valence-corrected chi connectivity index (χ4v) is 2.98. The van der Waals surface area contributed by atoms with Gasteiger partial charge in [0.25, 0.3) is 0 Å². The van der Waals surface area contributed by atoms with Gasteiger partial charge in [-0.05, 0) is 53.5 Å². The van der Waals surface area contributed by atoms with E-state index in [0.717, 1.165) is 25.5 Å². The lowest BCUT2D eigenvalue weighted by molar-refractivity contribution is -0.128. The molecule has 1 fully saturated rings. The minimum absolute atomic E-state index is 0. The van der Waals surface area contributed by atoms with E-state index in [4.69, 9.17) is 0 Å². The lowest BCUT2D eigenvalue weighted by Gasteiger charge is -2.33. The first-order chi connectivity index (χ1) is 11.4. The molecule has 148 valence electrons. The highest BCUT2D eigenvalue weighted by Crippen LogP contribution is 2.16. The van der Waals surface area contributed by atoms with Crippen molar-refractivity contribution >= 4 is 35.8 Å². The maximum absolute atomic E-state index is 12.0. The number of carbonyl (C=O) groups excluding carboxylic acids is 1. The lowest BCUT2D eigenvalue weighted by Crippen LogP contribution is -2.48. The molecule has 1 heterocycles. The molecule has 1 amide bonds. The number of hydrogen-bond acceptors (Lipinski definition) is 3. The van der Waals surface area contributed by atoms with Crippen molar-refractivity contribution in [2.24, 2.45) is 10.4 Å². The molecule has 1 saturated heterocycles. The molecule has 0 radical (unpaired) electrons. The van der Waals surface area contributed by atoms with Crippen LogP contribution in [0.3, 0.4) is 0 Å². The highest BCUT2D eigenvalue weighted by atomic mass is 127. The Morgan fingerprint density at radius 2 is 1.96 bits per heavy atom. The van der Waals surface area contributed by atoms with E-state index in [1.807, 2.05) is 20.8 Å². The number of hydrogen-bond donors (Lipinski definition) is 3. The smallest absolute Gasteiger partial charge is 0.227 e. The van der Waals surface area contributed by atoms with Crippen LogP contribution in [0.5, 0.6) is 0 Å². The van der Waals surface area contributed by atoms with Crippen molar-refractivity contribution in [3.63, 3.8) is 0 Å². The van der Waals surface area contributed by atoms with Crippen LogP contribution in [0.25, 0.3) is 0 Å². The number of rotatable bonds is 8. The summed E-state index contributed by atoms with van der Waals surface area (Å²) >= 11 is 0. The van der Waals surface area contributed by atoms with Crippen LogP contribution in [-0.4, -0.2) is 62.6 Å². The van der Waals surface area contributed by atoms with Crippen LogP contribution in [0.4, 0.5) is 0 Å². The lowest BCUT2D eigenvalue weighted by atomic mass is 9.92. The van der Waals surface area contributed by atoms with Gasteiger partial charge in [-0.25, -0.2) is 0 Å². The van der Waals surface area contributed by atoms with E-state index in [2.05, 4.69) is 32.8 Å². The molecule has 1 rings (SSSR count). The van der Waals surface area contributed by atoms with Crippen molar-refractivity contribution in [1.29, 1.82) is 0 Å². The van der Waals surface area contributed by atoms with E-state index in [-0.39, 0.29) is 29.9 Å². The number of likely N-dealkylation sites (tertiary alicyclic amines) is 1. The molecule has 0 aromatic carbocycles. The highest BCUT2D eigenvalue weighted by Gasteiger charge is 2.27. The van der Waals surface area contributed by atoms with Gasteiger partial charge in [0.2, 0.25) is 5.91 Å². The van der Waals surface area contributed by atoms with E-state index in [9.17, 15) is 4.79 Å². The third-order valence-electron chi connectivity index (χ3n) is 4.73. The zero-order chi connectivity index (χ0) is 18.0. The topological polar surface area (TPSA) is 68.8 Å². The molecule has 1 atom stereocenters. The van der Waals surface area contributed by atoms with Gasteiger partial charge in [-0.2, -0.15) is 0 Å². The third kappa shape index (κ3) is 9.08. The van der Waals surface area contributed by atoms with Crippen molar-refractivity contribution in [2.45, 2.75) is 59.4 Å². The molecule has 25 heavy (non-hydrogen) atoms. The largest absolute Gasteiger partial charge is 0.356 e. The summed E-state index contributed by atoms with van der Waals surface area (Å²) in [5.74, 6) is 0.825. The second-order valence-corrected chi connectivity index (χ2v) is 7.33. The van der Waals surface area contributed by atoms with Gasteiger partial charge in [0.15, 0.2) is 5.96 Å². The van der Waals surface area contributed by atoms with Gasteiger partial charge < -0.3 is 20.9 Å². The molecule has 0 aromatic heterocycles. The normalized spacial score (nSPS) is 19.1. The van der Waals surface area contributed by atoms with Crippen molar-refractivity contribution in [1.82, 2.24) is 20.9 Å². The summed E-state index contributed by atoms with van der Waals surface area (Å²) in [7, 11) is 1.77. The summed E-state index contributed by atoms with van der Waals surface area (Å²) < 4.78 is 0. The number of amides is 1. The Labute approximate surface area is 171 Å². The zero-order valence-electron chi connectivity index (χ0n) is 16.7. The molecule has 1 aliphatic rings. The van der Waals surface area contributed by atoms with Gasteiger partial charge >= 0.3 is 0 Å². The summed E-state index contributed by atoms with van der Waals surface area (Å²) in [6.45, 7) is 12.6. The van der Waals surface area contributed by atoms with Crippen LogP contribution in [0, 0.1) is 5.41 Å². The summed E-state index contributed by atoms with van der Waals surface area (Å²) in [6.07, 6.45) is 5.13. The zero-order valence-corrected chi connectivity index (χ0v) is 19.0. The van der Waals surface area contributed by atoms with Crippen molar-refractivity contribution in [3.05, 3.63) is 0 Å². The first-order valence-corrected chi connectivity index (χ1v) is 9.37. The van der Waals surface area contributed by atoms with E-state index in [0.29, 0.717) is 19.1 Å². The number of carbonyl (C=O) groups is 1. The second kappa shape index (κ2) is 12.7. The van der Waals surface area contributed by atoms with Crippen LogP contribution in [0.15, 0.2) is 4.99 Å². The maximum atomic E-state index is 12.0. The first-order valence-electron chi connectivity index (χ1n) is 9.37. The number of nitrogens with one attached hydrogen (secondary N) is 3. The standard InChI is InChI=1S/C18H37N5O.HI/c1-6-20-16(24)18(3,4)14-22-17(19-5)21-11-9-13-23-12-8-7-10-15(23)2;/h15H,6-14H2,1-5H3,(H,20,24)(H2,19,21,22);1H. The SMILES string of the molecule is CCNC(=O)C(C)(C)CNC(=NC)NCCCN1CCCCC1C.I. The van der Waals surface area contributed by atoms with Gasteiger partial charge in [0.05, 0.1) is 5.41 Å². The molecule has 1 aliphatic heterocycles. The quantitative estimate of drug-likeness (QED) is 0.222. The number of halogens is 1. The third-order valence-corrected chi connectivity index (χ3v) is 4.73. The molecule has 1 unspecified atom stereocenters. The monoisotopic (exact) mass is 467 g/mol. The number of guanidine groups is 1. The average Bonchev–Trinajstić information content (AvgIpc) is 2.56. The molecule has 3 N–H and O–H groups in total. The number of nitrogens with zero attached hydrogens (tertiary/aromatic N) is 2. The second-order valence-electron chi connectivity index (χ2n) is 7.33. The minimum atomic E-state index is -0.461. The van der Waals surface area contributed by atoms with E-state index in [1.165, 1.54) is 25.8 Å². The number of piperidine rings is 1. The molecule has 0 aromatic rings. The van der Waals surface area contributed by atoms with Crippen molar-refractivity contribution < 1.29 is 4.79 Å². The van der Waals surface area contributed by atoms with Crippen LogP contribution in [0.2, 0.25) is 0 Å². The average molecular weight is 467 g/mol. The summed E-state index contributed by atoms with van der Waals surface area (Å²) in [4.78, 5) is 18.8. The Balaban J connectivity index is 0.00000576. The Hall–Kier alpha value is -0.570. The Kier molecular flexibility index (Phi) is 12.4. The molecular formula is C18H38IN5O. The Bertz CT molecular complexity index is 414. The van der Waals surface area contributed by atoms with E-state index in [1.54, 1.807) is 7.05 Å². The Morgan fingerprint density at radius 1 is 1.24 bits per heavy atom. The Morgan fingerprint density at radius 3 is 2.56 bits per heavy atom. The molecule has 6 nitrogen and oxygen atoms in total. The predicted molar refractivity (Wildman–Crippen MR) is 117 cm³/mol. The van der Waals surface area contributed by atoms with Gasteiger partial charge in [-0.15, -0.1) is 24.0 Å². The van der Waals surface area contributed by atoms with Gasteiger partial charge in [-0.3, -0.25) is 9.79 Å².